The Morgan fingerprint density at radius 1 is 0.333 bits per heavy atom. The van der Waals surface area contributed by atoms with Crippen molar-refractivity contribution in [1.82, 2.24) is 19.5 Å². The number of fused-ring (bicyclic) bond motifs is 6. The number of furan rings is 1. The van der Waals surface area contributed by atoms with Gasteiger partial charge in [-0.05, 0) is 127 Å². The van der Waals surface area contributed by atoms with Gasteiger partial charge in [-0.15, -0.1) is 0 Å². The number of hydrogen-bond donors (Lipinski definition) is 0. The minimum absolute atomic E-state index is 0.582. The standard InChI is InChI=1S/C61H44N4O/c1-37-19-25-47(39(3)31-37)45-23-29-54-51(34-45)52-35-46(48-26-20-38(2)32-40(48)4)24-30-55(52)65(54)56-28-22-43(44-21-27-50-49-17-11-12-18-57(49)66-58(50)36-44)33-53(56)61-63-59(41-13-7-5-8-14-41)62-60(64-61)42-15-9-6-10-16-42/h5-36H,1-4H3. The van der Waals surface area contributed by atoms with Gasteiger partial charge in [0, 0.05) is 38.2 Å². The van der Waals surface area contributed by atoms with Crippen LogP contribution in [0.3, 0.4) is 0 Å². The van der Waals surface area contributed by atoms with Gasteiger partial charge in [-0.25, -0.2) is 15.0 Å². The van der Waals surface area contributed by atoms with Crippen LogP contribution in [0.15, 0.2) is 199 Å². The van der Waals surface area contributed by atoms with Gasteiger partial charge >= 0.3 is 0 Å². The molecule has 3 heterocycles. The molecule has 0 spiro atoms. The van der Waals surface area contributed by atoms with Gasteiger partial charge in [-0.2, -0.15) is 0 Å². The molecule has 3 aromatic heterocycles. The molecule has 0 saturated heterocycles. The van der Waals surface area contributed by atoms with E-state index in [0.717, 1.165) is 66.5 Å². The van der Waals surface area contributed by atoms with Crippen LogP contribution in [0.2, 0.25) is 0 Å². The smallest absolute Gasteiger partial charge is 0.166 e. The topological polar surface area (TPSA) is 56.7 Å². The van der Waals surface area contributed by atoms with E-state index in [1.807, 2.05) is 48.5 Å². The van der Waals surface area contributed by atoms with Gasteiger partial charge in [0.1, 0.15) is 11.2 Å². The van der Waals surface area contributed by atoms with Crippen molar-refractivity contribution in [1.29, 1.82) is 0 Å². The summed E-state index contributed by atoms with van der Waals surface area (Å²) in [7, 11) is 0. The highest BCUT2D eigenvalue weighted by molar-refractivity contribution is 6.12. The highest BCUT2D eigenvalue weighted by atomic mass is 16.3. The normalized spacial score (nSPS) is 11.6. The maximum atomic E-state index is 6.41. The summed E-state index contributed by atoms with van der Waals surface area (Å²) < 4.78 is 8.81. The zero-order valence-electron chi connectivity index (χ0n) is 37.2. The maximum absolute atomic E-state index is 6.41. The van der Waals surface area contributed by atoms with Crippen LogP contribution in [0.5, 0.6) is 0 Å². The lowest BCUT2D eigenvalue weighted by molar-refractivity contribution is 0.669. The molecule has 0 atom stereocenters. The average molecular weight is 849 g/mol. The molecule has 0 fully saturated rings. The molecule has 0 N–H and O–H groups in total. The third-order valence-corrected chi connectivity index (χ3v) is 13.0. The lowest BCUT2D eigenvalue weighted by Crippen LogP contribution is -2.04. The minimum atomic E-state index is 0.582. The predicted octanol–water partition coefficient (Wildman–Crippen LogP) is 16.1. The molecule has 0 saturated carbocycles. The number of aromatic nitrogens is 4. The van der Waals surface area contributed by atoms with E-state index in [-0.39, 0.29) is 0 Å². The number of para-hydroxylation sites is 1. The molecule has 5 nitrogen and oxygen atoms in total. The van der Waals surface area contributed by atoms with Gasteiger partial charge in [0.25, 0.3) is 0 Å². The summed E-state index contributed by atoms with van der Waals surface area (Å²) in [6.07, 6.45) is 0. The lowest BCUT2D eigenvalue weighted by Gasteiger charge is -2.17. The Kier molecular flexibility index (Phi) is 9.32. The van der Waals surface area contributed by atoms with Crippen LogP contribution < -0.4 is 0 Å². The number of benzene rings is 9. The summed E-state index contributed by atoms with van der Waals surface area (Å²) in [5, 5.41) is 4.54. The number of nitrogens with zero attached hydrogens (tertiary/aromatic N) is 4. The Labute approximate surface area is 383 Å². The Balaban J connectivity index is 1.14. The molecule has 12 aromatic rings. The van der Waals surface area contributed by atoms with Gasteiger partial charge < -0.3 is 8.98 Å². The van der Waals surface area contributed by atoms with E-state index < -0.39 is 0 Å². The van der Waals surface area contributed by atoms with E-state index >= 15 is 0 Å². The van der Waals surface area contributed by atoms with Crippen LogP contribution in [0.25, 0.3) is 117 Å². The minimum Gasteiger partial charge on any atom is -0.456 e. The van der Waals surface area contributed by atoms with Crippen LogP contribution in [0.1, 0.15) is 22.3 Å². The summed E-state index contributed by atoms with van der Waals surface area (Å²) in [6, 6.07) is 69.1. The third-order valence-electron chi connectivity index (χ3n) is 13.0. The van der Waals surface area contributed by atoms with Gasteiger partial charge in [0.2, 0.25) is 0 Å². The van der Waals surface area contributed by atoms with E-state index in [1.165, 1.54) is 55.3 Å². The second-order valence-corrected chi connectivity index (χ2v) is 17.5. The van der Waals surface area contributed by atoms with Crippen LogP contribution in [-0.4, -0.2) is 19.5 Å². The van der Waals surface area contributed by atoms with Crippen molar-refractivity contribution in [2.24, 2.45) is 0 Å². The van der Waals surface area contributed by atoms with E-state index in [4.69, 9.17) is 19.4 Å². The zero-order valence-corrected chi connectivity index (χ0v) is 37.2. The van der Waals surface area contributed by atoms with Crippen molar-refractivity contribution < 1.29 is 4.42 Å². The maximum Gasteiger partial charge on any atom is 0.166 e. The molecule has 66 heavy (non-hydrogen) atoms. The Bertz CT molecular complexity index is 3700. The second-order valence-electron chi connectivity index (χ2n) is 17.5. The van der Waals surface area contributed by atoms with Crippen molar-refractivity contribution in [2.45, 2.75) is 27.7 Å². The molecular weight excluding hydrogens is 805 g/mol. The molecule has 0 amide bonds. The monoisotopic (exact) mass is 848 g/mol. The second kappa shape index (κ2) is 15.7. The van der Waals surface area contributed by atoms with E-state index in [1.54, 1.807) is 0 Å². The first-order chi connectivity index (χ1) is 32.3. The lowest BCUT2D eigenvalue weighted by atomic mass is 9.95. The molecule has 0 unspecified atom stereocenters. The van der Waals surface area contributed by atoms with Gasteiger partial charge in [-0.3, -0.25) is 0 Å². The summed E-state index contributed by atoms with van der Waals surface area (Å²) in [5.74, 6) is 1.80. The Morgan fingerprint density at radius 3 is 1.42 bits per heavy atom. The van der Waals surface area contributed by atoms with Crippen LogP contribution in [0, 0.1) is 27.7 Å². The molecule has 0 aliphatic carbocycles. The van der Waals surface area contributed by atoms with Crippen molar-refractivity contribution in [3.05, 3.63) is 216 Å². The van der Waals surface area contributed by atoms with Gasteiger partial charge in [0.15, 0.2) is 17.5 Å². The summed E-state index contributed by atoms with van der Waals surface area (Å²) in [4.78, 5) is 15.7. The zero-order chi connectivity index (χ0) is 44.5. The first-order valence-corrected chi connectivity index (χ1v) is 22.5. The summed E-state index contributed by atoms with van der Waals surface area (Å²) >= 11 is 0. The molecule has 314 valence electrons. The number of hydrogen-bond acceptors (Lipinski definition) is 4. The van der Waals surface area contributed by atoms with Crippen LogP contribution in [0.4, 0.5) is 0 Å². The van der Waals surface area contributed by atoms with Crippen molar-refractivity contribution in [2.75, 3.05) is 0 Å². The van der Waals surface area contributed by atoms with Crippen LogP contribution in [-0.2, 0) is 0 Å². The molecule has 0 aliphatic heterocycles. The first kappa shape index (κ1) is 39.2. The number of aryl methyl sites for hydroxylation is 4. The molecule has 9 aromatic carbocycles. The van der Waals surface area contributed by atoms with Crippen molar-refractivity contribution in [3.8, 4) is 73.2 Å². The van der Waals surface area contributed by atoms with Gasteiger partial charge in [-0.1, -0.05) is 151 Å². The molecule has 12 rings (SSSR count). The highest BCUT2D eigenvalue weighted by Crippen LogP contribution is 2.42. The Morgan fingerprint density at radius 2 is 0.833 bits per heavy atom. The van der Waals surface area contributed by atoms with Crippen molar-refractivity contribution in [3.63, 3.8) is 0 Å². The first-order valence-electron chi connectivity index (χ1n) is 22.5. The fourth-order valence-electron chi connectivity index (χ4n) is 9.82. The molecular formula is C61H44N4O. The van der Waals surface area contributed by atoms with E-state index in [2.05, 4.69) is 178 Å². The van der Waals surface area contributed by atoms with Crippen molar-refractivity contribution >= 4 is 43.7 Å². The average Bonchev–Trinajstić information content (AvgIpc) is 3.89. The summed E-state index contributed by atoms with van der Waals surface area (Å²) in [6.45, 7) is 8.71. The SMILES string of the molecule is Cc1ccc(-c2ccc3c(c2)c2cc(-c4ccc(C)cc4C)ccc2n3-c2ccc(-c3ccc4c(c3)oc3ccccc34)cc2-c2nc(-c3ccccc3)nc(-c3ccccc3)n2)c(C)c1. The predicted molar refractivity (Wildman–Crippen MR) is 273 cm³/mol. The Hall–Kier alpha value is -8.41. The van der Waals surface area contributed by atoms with E-state index in [9.17, 15) is 0 Å². The number of rotatable bonds is 7. The third kappa shape index (κ3) is 6.76. The molecule has 0 bridgehead atoms. The fraction of sp³-hybridized carbons (Fsp3) is 0.0656. The van der Waals surface area contributed by atoms with Gasteiger partial charge in [0.05, 0.1) is 16.7 Å². The molecule has 0 aliphatic rings. The highest BCUT2D eigenvalue weighted by Gasteiger charge is 2.22. The van der Waals surface area contributed by atoms with Crippen LogP contribution >= 0.6 is 0 Å². The largest absolute Gasteiger partial charge is 0.456 e. The molecule has 0 radical (unpaired) electrons. The summed E-state index contributed by atoms with van der Waals surface area (Å²) in [5.41, 5.74) is 19.5. The molecule has 5 heteroatoms. The van der Waals surface area contributed by atoms with E-state index in [0.29, 0.717) is 17.5 Å². The quantitative estimate of drug-likeness (QED) is 0.160. The fourth-order valence-corrected chi connectivity index (χ4v) is 9.82.